The van der Waals surface area contributed by atoms with E-state index < -0.39 is 0 Å². The zero-order valence-electron chi connectivity index (χ0n) is 14.5. The van der Waals surface area contributed by atoms with Crippen molar-refractivity contribution in [1.29, 1.82) is 0 Å². The normalized spacial score (nSPS) is 21.5. The third-order valence-corrected chi connectivity index (χ3v) is 5.47. The fourth-order valence-electron chi connectivity index (χ4n) is 3.60. The molecule has 2 fully saturated rings. The maximum absolute atomic E-state index is 12.4. The van der Waals surface area contributed by atoms with Crippen molar-refractivity contribution >= 4 is 29.1 Å². The van der Waals surface area contributed by atoms with E-state index in [1.165, 1.54) is 0 Å². The molecular formula is C21H21ClN2O2. The quantitative estimate of drug-likeness (QED) is 0.873. The van der Waals surface area contributed by atoms with Gasteiger partial charge in [-0.3, -0.25) is 9.59 Å². The lowest BCUT2D eigenvalue weighted by molar-refractivity contribution is -0.117. The average molecular weight is 369 g/mol. The van der Waals surface area contributed by atoms with Crippen LogP contribution < -0.4 is 5.32 Å². The number of carbonyl (C=O) groups excluding carboxylic acids is 2. The first-order valence-electron chi connectivity index (χ1n) is 9.07. The van der Waals surface area contributed by atoms with E-state index in [1.54, 1.807) is 24.3 Å². The summed E-state index contributed by atoms with van der Waals surface area (Å²) in [5.41, 5.74) is 2.56. The fourth-order valence-corrected chi connectivity index (χ4v) is 3.72. The van der Waals surface area contributed by atoms with Gasteiger partial charge in [-0.25, -0.2) is 0 Å². The van der Waals surface area contributed by atoms with Crippen molar-refractivity contribution in [3.05, 3.63) is 64.7 Å². The van der Waals surface area contributed by atoms with E-state index in [2.05, 4.69) is 5.32 Å². The van der Waals surface area contributed by atoms with Crippen LogP contribution in [0.3, 0.4) is 0 Å². The van der Waals surface area contributed by atoms with Gasteiger partial charge in [-0.15, -0.1) is 0 Å². The van der Waals surface area contributed by atoms with Gasteiger partial charge in [0, 0.05) is 35.3 Å². The smallest absolute Gasteiger partial charge is 0.253 e. The van der Waals surface area contributed by atoms with E-state index in [0.717, 1.165) is 43.6 Å². The fraction of sp³-hybridized carbons (Fsp3) is 0.333. The summed E-state index contributed by atoms with van der Waals surface area (Å²) in [5, 5.41) is 3.67. The number of benzene rings is 2. The molecule has 2 aromatic rings. The first kappa shape index (κ1) is 17.1. The van der Waals surface area contributed by atoms with E-state index >= 15 is 0 Å². The number of nitrogens with one attached hydrogen (secondary N) is 1. The van der Waals surface area contributed by atoms with Crippen LogP contribution in [0, 0.1) is 5.92 Å². The molecule has 4 nitrogen and oxygen atoms in total. The molecule has 2 aromatic carbocycles. The Hall–Kier alpha value is -2.33. The average Bonchev–Trinajstić information content (AvgIpc) is 3.27. The second kappa shape index (κ2) is 7.12. The number of hydrogen-bond donors (Lipinski definition) is 1. The Morgan fingerprint density at radius 2 is 1.62 bits per heavy atom. The van der Waals surface area contributed by atoms with Crippen molar-refractivity contribution in [3.63, 3.8) is 0 Å². The Bertz CT molecular complexity index is 811. The van der Waals surface area contributed by atoms with Crippen LogP contribution in [0.5, 0.6) is 0 Å². The largest absolute Gasteiger partial charge is 0.339 e. The maximum atomic E-state index is 12.4. The summed E-state index contributed by atoms with van der Waals surface area (Å²) in [4.78, 5) is 26.7. The van der Waals surface area contributed by atoms with Crippen LogP contribution in [0.2, 0.25) is 5.02 Å². The van der Waals surface area contributed by atoms with Gasteiger partial charge in [-0.1, -0.05) is 23.7 Å². The van der Waals surface area contributed by atoms with Gasteiger partial charge in [-0.05, 0) is 67.1 Å². The summed E-state index contributed by atoms with van der Waals surface area (Å²) < 4.78 is 0. The van der Waals surface area contributed by atoms with E-state index in [4.69, 9.17) is 11.6 Å². The lowest BCUT2D eigenvalue weighted by Gasteiger charge is -2.15. The SMILES string of the molecule is O=C(Nc1ccc(C(=O)N2CCCC2)cc1)[C@H]1C[C@@H]1c1ccc(Cl)cc1. The van der Waals surface area contributed by atoms with E-state index in [0.29, 0.717) is 10.6 Å². The summed E-state index contributed by atoms with van der Waals surface area (Å²) in [6.45, 7) is 1.68. The number of halogens is 1. The lowest BCUT2D eigenvalue weighted by Crippen LogP contribution is -2.27. The molecule has 5 heteroatoms. The van der Waals surface area contributed by atoms with Crippen LogP contribution in [0.15, 0.2) is 48.5 Å². The van der Waals surface area contributed by atoms with E-state index in [1.807, 2.05) is 29.2 Å². The van der Waals surface area contributed by atoms with Gasteiger partial charge in [0.15, 0.2) is 0 Å². The van der Waals surface area contributed by atoms with Crippen LogP contribution in [0.25, 0.3) is 0 Å². The minimum atomic E-state index is 0.00193. The van der Waals surface area contributed by atoms with Crippen molar-refractivity contribution in [2.75, 3.05) is 18.4 Å². The molecular weight excluding hydrogens is 348 g/mol. The minimum Gasteiger partial charge on any atom is -0.339 e. The molecule has 1 saturated heterocycles. The van der Waals surface area contributed by atoms with Crippen molar-refractivity contribution in [2.45, 2.75) is 25.2 Å². The van der Waals surface area contributed by atoms with Crippen molar-refractivity contribution in [1.82, 2.24) is 4.90 Å². The first-order valence-corrected chi connectivity index (χ1v) is 9.45. The zero-order chi connectivity index (χ0) is 18.1. The number of carbonyl (C=O) groups is 2. The number of nitrogens with zero attached hydrogens (tertiary/aromatic N) is 1. The highest BCUT2D eigenvalue weighted by atomic mass is 35.5. The second-order valence-corrected chi connectivity index (χ2v) is 7.50. The molecule has 1 saturated carbocycles. The Labute approximate surface area is 158 Å². The molecule has 0 aromatic heterocycles. The van der Waals surface area contributed by atoms with Gasteiger partial charge in [0.05, 0.1) is 0 Å². The number of likely N-dealkylation sites (tertiary alicyclic amines) is 1. The zero-order valence-corrected chi connectivity index (χ0v) is 15.2. The standard InChI is InChI=1S/C21H21ClN2O2/c22-16-7-3-14(4-8-16)18-13-19(18)20(25)23-17-9-5-15(6-10-17)21(26)24-11-1-2-12-24/h3-10,18-19H,1-2,11-13H2,(H,23,25)/t18-,19+/m1/s1. The van der Waals surface area contributed by atoms with Crippen LogP contribution in [0.1, 0.15) is 41.1 Å². The highest BCUT2D eigenvalue weighted by Crippen LogP contribution is 2.48. The highest BCUT2D eigenvalue weighted by Gasteiger charge is 2.43. The van der Waals surface area contributed by atoms with Gasteiger partial charge in [-0.2, -0.15) is 0 Å². The molecule has 0 spiro atoms. The Morgan fingerprint density at radius 3 is 2.27 bits per heavy atom. The molecule has 1 N–H and O–H groups in total. The van der Waals surface area contributed by atoms with Crippen molar-refractivity contribution in [3.8, 4) is 0 Å². The molecule has 0 unspecified atom stereocenters. The Kier molecular flexibility index (Phi) is 4.68. The predicted molar refractivity (Wildman–Crippen MR) is 103 cm³/mol. The summed E-state index contributed by atoms with van der Waals surface area (Å²) >= 11 is 5.91. The maximum Gasteiger partial charge on any atom is 0.253 e. The molecule has 134 valence electrons. The van der Waals surface area contributed by atoms with Crippen LogP contribution in [-0.4, -0.2) is 29.8 Å². The van der Waals surface area contributed by atoms with Crippen molar-refractivity contribution < 1.29 is 9.59 Å². The Balaban J connectivity index is 1.35. The molecule has 26 heavy (non-hydrogen) atoms. The van der Waals surface area contributed by atoms with Gasteiger partial charge in [0.1, 0.15) is 0 Å². The summed E-state index contributed by atoms with van der Waals surface area (Å²) in [5.74, 6) is 0.374. The molecule has 1 aliphatic carbocycles. The molecule has 0 bridgehead atoms. The molecule has 4 rings (SSSR count). The third kappa shape index (κ3) is 3.61. The van der Waals surface area contributed by atoms with Crippen LogP contribution >= 0.6 is 11.6 Å². The predicted octanol–water partition coefficient (Wildman–Crippen LogP) is 4.32. The molecule has 1 aliphatic heterocycles. The van der Waals surface area contributed by atoms with Gasteiger partial charge in [0.25, 0.3) is 5.91 Å². The molecule has 0 radical (unpaired) electrons. The topological polar surface area (TPSA) is 49.4 Å². The number of amides is 2. The first-order chi connectivity index (χ1) is 12.6. The van der Waals surface area contributed by atoms with Crippen LogP contribution in [-0.2, 0) is 4.79 Å². The van der Waals surface area contributed by atoms with E-state index in [9.17, 15) is 9.59 Å². The van der Waals surface area contributed by atoms with E-state index in [-0.39, 0.29) is 23.7 Å². The second-order valence-electron chi connectivity index (χ2n) is 7.07. The third-order valence-electron chi connectivity index (χ3n) is 5.22. The Morgan fingerprint density at radius 1 is 0.962 bits per heavy atom. The highest BCUT2D eigenvalue weighted by molar-refractivity contribution is 6.30. The molecule has 2 atom stereocenters. The van der Waals surface area contributed by atoms with Crippen molar-refractivity contribution in [2.24, 2.45) is 5.92 Å². The molecule has 2 aliphatic rings. The van der Waals surface area contributed by atoms with Gasteiger partial charge >= 0.3 is 0 Å². The number of anilines is 1. The molecule has 2 amide bonds. The lowest BCUT2D eigenvalue weighted by atomic mass is 10.1. The minimum absolute atomic E-state index is 0.00193. The summed E-state index contributed by atoms with van der Waals surface area (Å²) in [6, 6.07) is 14.9. The summed E-state index contributed by atoms with van der Waals surface area (Å²) in [7, 11) is 0. The van der Waals surface area contributed by atoms with Gasteiger partial charge in [0.2, 0.25) is 5.91 Å². The van der Waals surface area contributed by atoms with Gasteiger partial charge < -0.3 is 10.2 Å². The number of rotatable bonds is 4. The molecule has 1 heterocycles. The monoisotopic (exact) mass is 368 g/mol. The summed E-state index contributed by atoms with van der Waals surface area (Å²) in [6.07, 6.45) is 3.02. The van der Waals surface area contributed by atoms with Crippen LogP contribution in [0.4, 0.5) is 5.69 Å². The number of hydrogen-bond acceptors (Lipinski definition) is 2.